The number of carbonyl (C=O) groups excluding carboxylic acids is 2. The molecule has 1 aromatic rings. The third kappa shape index (κ3) is 3.13. The SMILES string of the molecule is Cc1ccc(OC2CCC(=O)NC2=O)cc1S(=O)(=O)F. The fourth-order valence-corrected chi connectivity index (χ4v) is 2.58. The normalized spacial score (nSPS) is 19.6. The van der Waals surface area contributed by atoms with E-state index in [1.807, 2.05) is 0 Å². The molecule has 1 aromatic carbocycles. The van der Waals surface area contributed by atoms with Crippen molar-refractivity contribution in [2.75, 3.05) is 0 Å². The number of rotatable bonds is 3. The molecule has 1 heterocycles. The number of hydrogen-bond donors (Lipinski definition) is 1. The van der Waals surface area contributed by atoms with Crippen molar-refractivity contribution in [1.82, 2.24) is 5.32 Å². The molecule has 6 nitrogen and oxygen atoms in total. The molecule has 20 heavy (non-hydrogen) atoms. The van der Waals surface area contributed by atoms with Gasteiger partial charge >= 0.3 is 10.2 Å². The number of aryl methyl sites for hydroxylation is 1. The van der Waals surface area contributed by atoms with Gasteiger partial charge in [-0.15, -0.1) is 3.89 Å². The first-order chi connectivity index (χ1) is 9.27. The van der Waals surface area contributed by atoms with E-state index >= 15 is 0 Å². The molecular weight excluding hydrogens is 289 g/mol. The summed E-state index contributed by atoms with van der Waals surface area (Å²) in [5.41, 5.74) is 0.239. The Labute approximate surface area is 115 Å². The van der Waals surface area contributed by atoms with Crippen LogP contribution in [0.3, 0.4) is 0 Å². The summed E-state index contributed by atoms with van der Waals surface area (Å²) in [6, 6.07) is 3.84. The van der Waals surface area contributed by atoms with Crippen molar-refractivity contribution in [1.29, 1.82) is 0 Å². The second-order valence-corrected chi connectivity index (χ2v) is 5.74. The van der Waals surface area contributed by atoms with E-state index in [4.69, 9.17) is 4.74 Å². The minimum absolute atomic E-state index is 0.0568. The van der Waals surface area contributed by atoms with Crippen LogP contribution < -0.4 is 10.1 Å². The summed E-state index contributed by atoms with van der Waals surface area (Å²) in [4.78, 5) is 22.0. The lowest BCUT2D eigenvalue weighted by molar-refractivity contribution is -0.138. The van der Waals surface area contributed by atoms with Gasteiger partial charge in [0.2, 0.25) is 5.91 Å². The van der Waals surface area contributed by atoms with Crippen molar-refractivity contribution < 1.29 is 26.6 Å². The molecule has 0 aliphatic carbocycles. The molecule has 0 bridgehead atoms. The second-order valence-electron chi connectivity index (χ2n) is 4.42. The van der Waals surface area contributed by atoms with E-state index in [-0.39, 0.29) is 30.1 Å². The molecule has 1 fully saturated rings. The number of imide groups is 1. The summed E-state index contributed by atoms with van der Waals surface area (Å²) < 4.78 is 40.3. The van der Waals surface area contributed by atoms with Crippen LogP contribution >= 0.6 is 0 Å². The van der Waals surface area contributed by atoms with Gasteiger partial charge < -0.3 is 4.74 Å². The molecule has 1 N–H and O–H groups in total. The summed E-state index contributed by atoms with van der Waals surface area (Å²) in [7, 11) is -4.85. The number of benzene rings is 1. The quantitative estimate of drug-likeness (QED) is 0.660. The van der Waals surface area contributed by atoms with E-state index in [0.717, 1.165) is 6.07 Å². The van der Waals surface area contributed by atoms with E-state index in [2.05, 4.69) is 5.32 Å². The summed E-state index contributed by atoms with van der Waals surface area (Å²) >= 11 is 0. The minimum Gasteiger partial charge on any atom is -0.481 e. The predicted octanol–water partition coefficient (Wildman–Crippen LogP) is 0.837. The largest absolute Gasteiger partial charge is 0.481 e. The fraction of sp³-hybridized carbons (Fsp3) is 0.333. The van der Waals surface area contributed by atoms with Gasteiger partial charge in [-0.05, 0) is 18.6 Å². The zero-order valence-corrected chi connectivity index (χ0v) is 11.4. The van der Waals surface area contributed by atoms with E-state index in [0.29, 0.717) is 0 Å². The summed E-state index contributed by atoms with van der Waals surface area (Å²) in [5.74, 6) is -0.918. The van der Waals surface area contributed by atoms with Crippen molar-refractivity contribution in [2.24, 2.45) is 0 Å². The van der Waals surface area contributed by atoms with Gasteiger partial charge in [-0.1, -0.05) is 6.07 Å². The van der Waals surface area contributed by atoms with E-state index in [9.17, 15) is 21.9 Å². The third-order valence-corrected chi connectivity index (χ3v) is 3.85. The van der Waals surface area contributed by atoms with Crippen LogP contribution in [0.15, 0.2) is 23.1 Å². The van der Waals surface area contributed by atoms with Gasteiger partial charge in [0.1, 0.15) is 10.6 Å². The van der Waals surface area contributed by atoms with Gasteiger partial charge in [-0.25, -0.2) is 0 Å². The number of amides is 2. The van der Waals surface area contributed by atoms with Crippen molar-refractivity contribution in [3.8, 4) is 5.75 Å². The van der Waals surface area contributed by atoms with Crippen LogP contribution in [0, 0.1) is 6.92 Å². The lowest BCUT2D eigenvalue weighted by Gasteiger charge is -2.22. The number of ether oxygens (including phenoxy) is 1. The Bertz CT molecular complexity index is 670. The topological polar surface area (TPSA) is 89.5 Å². The van der Waals surface area contributed by atoms with Gasteiger partial charge in [0.25, 0.3) is 5.91 Å². The Morgan fingerprint density at radius 1 is 1.35 bits per heavy atom. The maximum Gasteiger partial charge on any atom is 0.332 e. The van der Waals surface area contributed by atoms with Gasteiger partial charge in [0.05, 0.1) is 0 Å². The molecular formula is C12H12FNO5S. The molecule has 1 unspecified atom stereocenters. The molecule has 8 heteroatoms. The number of hydrogen-bond acceptors (Lipinski definition) is 5. The molecule has 108 valence electrons. The molecule has 1 aliphatic heterocycles. The van der Waals surface area contributed by atoms with Gasteiger partial charge in [-0.2, -0.15) is 8.42 Å². The minimum atomic E-state index is -4.85. The van der Waals surface area contributed by atoms with Crippen LogP contribution in [-0.2, 0) is 19.8 Å². The Hall–Kier alpha value is -1.96. The van der Waals surface area contributed by atoms with Crippen LogP contribution in [0.4, 0.5) is 3.89 Å². The zero-order chi connectivity index (χ0) is 14.9. The summed E-state index contributed by atoms with van der Waals surface area (Å²) in [6.45, 7) is 1.45. The van der Waals surface area contributed by atoms with Gasteiger partial charge in [0, 0.05) is 18.9 Å². The maximum atomic E-state index is 13.1. The average Bonchev–Trinajstić information content (AvgIpc) is 2.33. The summed E-state index contributed by atoms with van der Waals surface area (Å²) in [6.07, 6.45) is -0.571. The standard InChI is InChI=1S/C12H12FNO5S/c1-7-2-3-8(6-10(7)20(13,17)18)19-9-4-5-11(15)14-12(9)16/h2-3,6,9H,4-5H2,1H3,(H,14,15,16). The molecule has 0 aromatic heterocycles. The smallest absolute Gasteiger partial charge is 0.332 e. The maximum absolute atomic E-state index is 13.1. The van der Waals surface area contributed by atoms with E-state index in [1.54, 1.807) is 0 Å². The van der Waals surface area contributed by atoms with Gasteiger partial charge in [0.15, 0.2) is 6.10 Å². The molecule has 2 rings (SSSR count). The Morgan fingerprint density at radius 3 is 2.65 bits per heavy atom. The Balaban J connectivity index is 2.23. The highest BCUT2D eigenvalue weighted by Gasteiger charge is 2.28. The van der Waals surface area contributed by atoms with Crippen molar-refractivity contribution in [2.45, 2.75) is 30.8 Å². The monoisotopic (exact) mass is 301 g/mol. The van der Waals surface area contributed by atoms with Gasteiger partial charge in [-0.3, -0.25) is 14.9 Å². The molecule has 0 radical (unpaired) electrons. The summed E-state index contributed by atoms with van der Waals surface area (Å²) in [5, 5.41) is 2.11. The predicted molar refractivity (Wildman–Crippen MR) is 66.3 cm³/mol. The van der Waals surface area contributed by atoms with Crippen LogP contribution in [0.2, 0.25) is 0 Å². The molecule has 0 spiro atoms. The van der Waals surface area contributed by atoms with Crippen LogP contribution in [-0.4, -0.2) is 26.3 Å². The molecule has 1 atom stereocenters. The zero-order valence-electron chi connectivity index (χ0n) is 10.6. The second kappa shape index (κ2) is 5.20. The molecule has 2 amide bonds. The first kappa shape index (κ1) is 14.4. The van der Waals surface area contributed by atoms with Crippen LogP contribution in [0.5, 0.6) is 5.75 Å². The van der Waals surface area contributed by atoms with E-state index in [1.165, 1.54) is 19.1 Å². The number of carbonyl (C=O) groups is 2. The number of halogens is 1. The average molecular weight is 301 g/mol. The lowest BCUT2D eigenvalue weighted by atomic mass is 10.1. The number of nitrogens with one attached hydrogen (secondary N) is 1. The molecule has 1 saturated heterocycles. The first-order valence-corrected chi connectivity index (χ1v) is 7.21. The number of piperidine rings is 1. The highest BCUT2D eigenvalue weighted by Crippen LogP contribution is 2.25. The lowest BCUT2D eigenvalue weighted by Crippen LogP contribution is -2.46. The van der Waals surface area contributed by atoms with E-state index < -0.39 is 27.1 Å². The fourth-order valence-electron chi connectivity index (χ4n) is 1.87. The van der Waals surface area contributed by atoms with Crippen molar-refractivity contribution in [3.63, 3.8) is 0 Å². The van der Waals surface area contributed by atoms with Crippen molar-refractivity contribution >= 4 is 22.0 Å². The van der Waals surface area contributed by atoms with Crippen LogP contribution in [0.1, 0.15) is 18.4 Å². The highest BCUT2D eigenvalue weighted by molar-refractivity contribution is 7.86. The molecule has 0 saturated carbocycles. The molecule has 1 aliphatic rings. The Kier molecular flexibility index (Phi) is 3.76. The third-order valence-electron chi connectivity index (χ3n) is 2.89. The first-order valence-electron chi connectivity index (χ1n) is 5.83. The Morgan fingerprint density at radius 2 is 2.05 bits per heavy atom. The van der Waals surface area contributed by atoms with Crippen LogP contribution in [0.25, 0.3) is 0 Å². The highest BCUT2D eigenvalue weighted by atomic mass is 32.3. The van der Waals surface area contributed by atoms with Crippen molar-refractivity contribution in [3.05, 3.63) is 23.8 Å².